The van der Waals surface area contributed by atoms with Crippen LogP contribution >= 0.6 is 22.6 Å². The number of hydrogen-bond acceptors (Lipinski definition) is 1. The van der Waals surface area contributed by atoms with Gasteiger partial charge in [-0.05, 0) is 58.5 Å². The predicted molar refractivity (Wildman–Crippen MR) is 76.7 cm³/mol. The van der Waals surface area contributed by atoms with Gasteiger partial charge in [0, 0.05) is 21.7 Å². The van der Waals surface area contributed by atoms with Crippen LogP contribution in [0.25, 0.3) is 0 Å². The van der Waals surface area contributed by atoms with Crippen LogP contribution in [0.15, 0.2) is 42.5 Å². The van der Waals surface area contributed by atoms with Gasteiger partial charge in [-0.3, -0.25) is 4.79 Å². The lowest BCUT2D eigenvalue weighted by Gasteiger charge is -2.06. The Kier molecular flexibility index (Phi) is 4.47. The second kappa shape index (κ2) is 6.10. The standard InChI is InChI=1S/C14H10F2INO/c15-11-4-9(5-12(16)7-11)8-18-14(19)10-2-1-3-13(17)6-10/h1-7H,8H2,(H,18,19). The molecule has 0 saturated heterocycles. The Morgan fingerprint density at radius 2 is 1.79 bits per heavy atom. The number of rotatable bonds is 3. The largest absolute Gasteiger partial charge is 0.348 e. The molecule has 0 atom stereocenters. The van der Waals surface area contributed by atoms with E-state index in [4.69, 9.17) is 0 Å². The van der Waals surface area contributed by atoms with Crippen molar-refractivity contribution in [2.75, 3.05) is 0 Å². The molecule has 98 valence electrons. The van der Waals surface area contributed by atoms with E-state index in [1.807, 2.05) is 6.07 Å². The zero-order valence-electron chi connectivity index (χ0n) is 9.79. The Morgan fingerprint density at radius 1 is 1.11 bits per heavy atom. The van der Waals surface area contributed by atoms with E-state index in [0.717, 1.165) is 9.64 Å². The normalized spacial score (nSPS) is 10.3. The average Bonchev–Trinajstić information content (AvgIpc) is 2.35. The zero-order valence-corrected chi connectivity index (χ0v) is 11.9. The van der Waals surface area contributed by atoms with Gasteiger partial charge in [0.05, 0.1) is 0 Å². The molecule has 0 heterocycles. The molecule has 2 nitrogen and oxygen atoms in total. The van der Waals surface area contributed by atoms with Crippen molar-refractivity contribution in [2.24, 2.45) is 0 Å². The molecule has 5 heteroatoms. The number of carbonyl (C=O) groups excluding carboxylic acids is 1. The van der Waals surface area contributed by atoms with E-state index < -0.39 is 11.6 Å². The van der Waals surface area contributed by atoms with E-state index in [-0.39, 0.29) is 12.5 Å². The SMILES string of the molecule is O=C(NCc1cc(F)cc(F)c1)c1cccc(I)c1. The van der Waals surface area contributed by atoms with Gasteiger partial charge in [-0.15, -0.1) is 0 Å². The summed E-state index contributed by atoms with van der Waals surface area (Å²) < 4.78 is 26.9. The topological polar surface area (TPSA) is 29.1 Å². The Labute approximate surface area is 123 Å². The molecule has 0 aromatic heterocycles. The molecule has 0 saturated carbocycles. The van der Waals surface area contributed by atoms with Gasteiger partial charge in [-0.25, -0.2) is 8.78 Å². The number of amides is 1. The van der Waals surface area contributed by atoms with Crippen LogP contribution in [0.4, 0.5) is 8.78 Å². The molecule has 0 aliphatic rings. The summed E-state index contributed by atoms with van der Waals surface area (Å²) in [6.45, 7) is 0.0823. The van der Waals surface area contributed by atoms with Crippen LogP contribution in [-0.4, -0.2) is 5.91 Å². The molecule has 0 aliphatic carbocycles. The van der Waals surface area contributed by atoms with E-state index in [1.54, 1.807) is 18.2 Å². The first kappa shape index (κ1) is 13.9. The Morgan fingerprint density at radius 3 is 2.42 bits per heavy atom. The number of carbonyl (C=O) groups is 1. The van der Waals surface area contributed by atoms with Crippen LogP contribution in [0, 0.1) is 15.2 Å². The van der Waals surface area contributed by atoms with Gasteiger partial charge < -0.3 is 5.32 Å². The van der Waals surface area contributed by atoms with Crippen molar-refractivity contribution in [3.63, 3.8) is 0 Å². The molecule has 19 heavy (non-hydrogen) atoms. The highest BCUT2D eigenvalue weighted by Gasteiger charge is 2.06. The zero-order chi connectivity index (χ0) is 13.8. The number of halogens is 3. The first-order chi connectivity index (χ1) is 9.04. The van der Waals surface area contributed by atoms with Gasteiger partial charge in [0.25, 0.3) is 5.91 Å². The Hall–Kier alpha value is -1.50. The molecule has 0 unspecified atom stereocenters. The minimum Gasteiger partial charge on any atom is -0.348 e. The quantitative estimate of drug-likeness (QED) is 0.820. The maximum Gasteiger partial charge on any atom is 0.251 e. The molecule has 1 N–H and O–H groups in total. The van der Waals surface area contributed by atoms with Crippen molar-refractivity contribution in [1.29, 1.82) is 0 Å². The van der Waals surface area contributed by atoms with Crippen molar-refractivity contribution < 1.29 is 13.6 Å². The highest BCUT2D eigenvalue weighted by atomic mass is 127. The molecule has 0 bridgehead atoms. The molecule has 2 rings (SSSR count). The number of hydrogen-bond donors (Lipinski definition) is 1. The van der Waals surface area contributed by atoms with Crippen LogP contribution < -0.4 is 5.32 Å². The Bertz CT molecular complexity index is 596. The van der Waals surface area contributed by atoms with Crippen molar-refractivity contribution in [3.05, 3.63) is 68.8 Å². The fourth-order valence-electron chi connectivity index (χ4n) is 1.63. The van der Waals surface area contributed by atoms with Gasteiger partial charge in [-0.1, -0.05) is 6.07 Å². The number of nitrogens with one attached hydrogen (secondary N) is 1. The van der Waals surface area contributed by atoms with Crippen molar-refractivity contribution in [3.8, 4) is 0 Å². The molecule has 2 aromatic rings. The summed E-state index contributed by atoms with van der Waals surface area (Å²) in [7, 11) is 0. The molecular formula is C14H10F2INO. The maximum atomic E-state index is 13.0. The first-order valence-electron chi connectivity index (χ1n) is 5.53. The third-order valence-electron chi connectivity index (χ3n) is 2.46. The van der Waals surface area contributed by atoms with E-state index >= 15 is 0 Å². The van der Waals surface area contributed by atoms with Gasteiger partial charge in [-0.2, -0.15) is 0 Å². The van der Waals surface area contributed by atoms with Crippen LogP contribution in [-0.2, 0) is 6.54 Å². The smallest absolute Gasteiger partial charge is 0.251 e. The minimum absolute atomic E-state index is 0.0823. The van der Waals surface area contributed by atoms with Crippen LogP contribution in [0.5, 0.6) is 0 Å². The Balaban J connectivity index is 2.04. The van der Waals surface area contributed by atoms with E-state index in [9.17, 15) is 13.6 Å². The summed E-state index contributed by atoms with van der Waals surface area (Å²) in [6, 6.07) is 10.3. The summed E-state index contributed by atoms with van der Waals surface area (Å²) in [5.74, 6) is -1.58. The number of benzene rings is 2. The summed E-state index contributed by atoms with van der Waals surface area (Å²) in [6.07, 6.45) is 0. The second-order valence-corrected chi connectivity index (χ2v) is 5.22. The van der Waals surface area contributed by atoms with Crippen LogP contribution in [0.1, 0.15) is 15.9 Å². The lowest BCUT2D eigenvalue weighted by molar-refractivity contribution is 0.0950. The molecule has 0 aliphatic heterocycles. The van der Waals surface area contributed by atoms with E-state index in [0.29, 0.717) is 11.1 Å². The molecule has 0 spiro atoms. The van der Waals surface area contributed by atoms with Gasteiger partial charge >= 0.3 is 0 Å². The van der Waals surface area contributed by atoms with Gasteiger partial charge in [0.2, 0.25) is 0 Å². The van der Waals surface area contributed by atoms with Crippen molar-refractivity contribution >= 4 is 28.5 Å². The molecule has 0 radical (unpaired) electrons. The highest BCUT2D eigenvalue weighted by Crippen LogP contribution is 2.10. The fraction of sp³-hybridized carbons (Fsp3) is 0.0714. The van der Waals surface area contributed by atoms with Crippen LogP contribution in [0.3, 0.4) is 0 Å². The first-order valence-corrected chi connectivity index (χ1v) is 6.61. The van der Waals surface area contributed by atoms with Gasteiger partial charge in [0.1, 0.15) is 11.6 Å². The van der Waals surface area contributed by atoms with Gasteiger partial charge in [0.15, 0.2) is 0 Å². The third kappa shape index (κ3) is 3.99. The minimum atomic E-state index is -0.654. The van der Waals surface area contributed by atoms with Crippen LogP contribution in [0.2, 0.25) is 0 Å². The second-order valence-electron chi connectivity index (χ2n) is 3.97. The molecular weight excluding hydrogens is 363 g/mol. The van der Waals surface area contributed by atoms with Crippen molar-refractivity contribution in [2.45, 2.75) is 6.54 Å². The molecule has 1 amide bonds. The lowest BCUT2D eigenvalue weighted by atomic mass is 10.2. The third-order valence-corrected chi connectivity index (χ3v) is 3.13. The predicted octanol–water partition coefficient (Wildman–Crippen LogP) is 3.50. The van der Waals surface area contributed by atoms with Crippen molar-refractivity contribution in [1.82, 2.24) is 5.32 Å². The average molecular weight is 373 g/mol. The summed E-state index contributed by atoms with van der Waals surface area (Å²) in [4.78, 5) is 11.8. The molecule has 0 fully saturated rings. The van der Waals surface area contributed by atoms with E-state index in [2.05, 4.69) is 27.9 Å². The highest BCUT2D eigenvalue weighted by molar-refractivity contribution is 14.1. The summed E-state index contributed by atoms with van der Waals surface area (Å²) >= 11 is 2.11. The van der Waals surface area contributed by atoms with E-state index in [1.165, 1.54) is 12.1 Å². The maximum absolute atomic E-state index is 13.0. The monoisotopic (exact) mass is 373 g/mol. The fourth-order valence-corrected chi connectivity index (χ4v) is 2.17. The lowest BCUT2D eigenvalue weighted by Crippen LogP contribution is -2.22. The molecule has 2 aromatic carbocycles. The summed E-state index contributed by atoms with van der Waals surface area (Å²) in [5, 5.41) is 2.62. The summed E-state index contributed by atoms with van der Waals surface area (Å²) in [5.41, 5.74) is 0.903.